The van der Waals surface area contributed by atoms with Crippen LogP contribution >= 0.6 is 23.2 Å². The summed E-state index contributed by atoms with van der Waals surface area (Å²) in [7, 11) is 3.23. The van der Waals surface area contributed by atoms with Gasteiger partial charge in [0.1, 0.15) is 0 Å². The minimum Gasteiger partial charge on any atom is -0.493 e. The minimum absolute atomic E-state index is 0.0588. The zero-order valence-corrected chi connectivity index (χ0v) is 16.1. The highest BCUT2D eigenvalue weighted by atomic mass is 35.5. The molecule has 0 radical (unpaired) electrons. The fraction of sp³-hybridized carbons (Fsp3) is 0.250. The molecule has 0 aliphatic carbocycles. The van der Waals surface area contributed by atoms with E-state index in [2.05, 4.69) is 0 Å². The van der Waals surface area contributed by atoms with Crippen LogP contribution in [0.3, 0.4) is 0 Å². The topological polar surface area (TPSA) is 38.8 Å². The first kappa shape index (κ1) is 18.6. The fourth-order valence-electron chi connectivity index (χ4n) is 2.97. The average molecular weight is 392 g/mol. The fourth-order valence-corrected chi connectivity index (χ4v) is 3.45. The predicted octanol–water partition coefficient (Wildman–Crippen LogP) is 4.61. The molecular formula is C20H19Cl2NO3. The van der Waals surface area contributed by atoms with Crippen LogP contribution in [0.5, 0.6) is 11.5 Å². The Morgan fingerprint density at radius 1 is 1.08 bits per heavy atom. The number of hydrogen-bond donors (Lipinski definition) is 0. The van der Waals surface area contributed by atoms with E-state index in [1.807, 2.05) is 12.1 Å². The highest BCUT2D eigenvalue weighted by Gasteiger charge is 2.21. The van der Waals surface area contributed by atoms with Gasteiger partial charge in [0.2, 0.25) is 5.91 Å². The Labute approximate surface area is 162 Å². The quantitative estimate of drug-likeness (QED) is 0.714. The minimum atomic E-state index is -0.0588. The smallest absolute Gasteiger partial charge is 0.246 e. The molecule has 0 spiro atoms. The number of benzene rings is 2. The maximum atomic E-state index is 12.6. The molecule has 4 nitrogen and oxygen atoms in total. The van der Waals surface area contributed by atoms with Crippen LogP contribution in [-0.4, -0.2) is 31.6 Å². The number of rotatable bonds is 4. The molecule has 0 bridgehead atoms. The van der Waals surface area contributed by atoms with Gasteiger partial charge in [0, 0.05) is 29.2 Å². The molecule has 0 N–H and O–H groups in total. The Morgan fingerprint density at radius 2 is 1.77 bits per heavy atom. The summed E-state index contributed by atoms with van der Waals surface area (Å²) in [6, 6.07) is 9.11. The van der Waals surface area contributed by atoms with Crippen LogP contribution in [0.4, 0.5) is 0 Å². The molecule has 1 amide bonds. The molecule has 0 atom stereocenters. The van der Waals surface area contributed by atoms with E-state index in [1.54, 1.807) is 49.5 Å². The third-order valence-electron chi connectivity index (χ3n) is 4.40. The summed E-state index contributed by atoms with van der Waals surface area (Å²) in [5.41, 5.74) is 3.00. The Kier molecular flexibility index (Phi) is 5.74. The number of carbonyl (C=O) groups is 1. The summed E-state index contributed by atoms with van der Waals surface area (Å²) < 4.78 is 10.7. The Bertz CT molecular complexity index is 864. The molecule has 1 heterocycles. The van der Waals surface area contributed by atoms with Gasteiger partial charge in [-0.25, -0.2) is 0 Å². The third-order valence-corrected chi connectivity index (χ3v) is 4.96. The van der Waals surface area contributed by atoms with Crippen LogP contribution in [0, 0.1) is 0 Å². The summed E-state index contributed by atoms with van der Waals surface area (Å²) in [5, 5.41) is 1.08. The highest BCUT2D eigenvalue weighted by molar-refractivity contribution is 6.35. The van der Waals surface area contributed by atoms with Gasteiger partial charge in [-0.2, -0.15) is 0 Å². The lowest BCUT2D eigenvalue weighted by Gasteiger charge is -2.28. The second-order valence-corrected chi connectivity index (χ2v) is 6.83. The van der Waals surface area contributed by atoms with Crippen molar-refractivity contribution >= 4 is 35.2 Å². The largest absolute Gasteiger partial charge is 0.493 e. The van der Waals surface area contributed by atoms with E-state index in [0.29, 0.717) is 34.6 Å². The van der Waals surface area contributed by atoms with Crippen molar-refractivity contribution in [2.75, 3.05) is 20.8 Å². The number of nitrogens with zero attached hydrogens (tertiary/aromatic N) is 1. The monoisotopic (exact) mass is 391 g/mol. The van der Waals surface area contributed by atoms with Gasteiger partial charge in [0.05, 0.1) is 14.2 Å². The van der Waals surface area contributed by atoms with Crippen LogP contribution in [0.25, 0.3) is 6.08 Å². The summed E-state index contributed by atoms with van der Waals surface area (Å²) in [5.74, 6) is 1.32. The lowest BCUT2D eigenvalue weighted by molar-refractivity contribution is -0.126. The molecule has 1 aliphatic rings. The van der Waals surface area contributed by atoms with Gasteiger partial charge in [0.25, 0.3) is 0 Å². The summed E-state index contributed by atoms with van der Waals surface area (Å²) in [6.07, 6.45) is 4.03. The van der Waals surface area contributed by atoms with E-state index in [4.69, 9.17) is 32.7 Å². The van der Waals surface area contributed by atoms with Crippen molar-refractivity contribution in [3.05, 3.63) is 63.1 Å². The molecule has 1 aliphatic heterocycles. The van der Waals surface area contributed by atoms with Gasteiger partial charge in [-0.05, 0) is 53.5 Å². The normalized spacial score (nSPS) is 13.6. The molecular weight excluding hydrogens is 373 g/mol. The summed E-state index contributed by atoms with van der Waals surface area (Å²) in [4.78, 5) is 14.4. The number of amides is 1. The van der Waals surface area contributed by atoms with Gasteiger partial charge in [-0.1, -0.05) is 29.3 Å². The number of fused-ring (bicyclic) bond motifs is 1. The first-order valence-electron chi connectivity index (χ1n) is 8.17. The molecule has 26 heavy (non-hydrogen) atoms. The Hall–Kier alpha value is -2.17. The van der Waals surface area contributed by atoms with Crippen molar-refractivity contribution in [1.29, 1.82) is 0 Å². The van der Waals surface area contributed by atoms with Gasteiger partial charge in [-0.15, -0.1) is 0 Å². The molecule has 0 fully saturated rings. The maximum Gasteiger partial charge on any atom is 0.246 e. The van der Waals surface area contributed by atoms with Gasteiger partial charge >= 0.3 is 0 Å². The molecule has 2 aromatic carbocycles. The van der Waals surface area contributed by atoms with E-state index in [9.17, 15) is 4.79 Å². The van der Waals surface area contributed by atoms with Crippen LogP contribution in [-0.2, 0) is 17.8 Å². The standard InChI is InChI=1S/C20H19Cl2NO3/c1-25-18-9-14-7-8-23(12-15(14)10-19(18)26-2)20(24)6-4-13-3-5-16(21)11-17(13)22/h3-6,9-11H,7-8,12H2,1-2H3/b6-4+. The SMILES string of the molecule is COc1cc2c(cc1OC)CN(C(=O)/C=C/c1ccc(Cl)cc1Cl)CC2. The highest BCUT2D eigenvalue weighted by Crippen LogP contribution is 2.33. The zero-order valence-electron chi connectivity index (χ0n) is 14.6. The second kappa shape index (κ2) is 8.02. The Morgan fingerprint density at radius 3 is 2.42 bits per heavy atom. The van der Waals surface area contributed by atoms with Crippen LogP contribution in [0.1, 0.15) is 16.7 Å². The number of methoxy groups -OCH3 is 2. The molecule has 0 saturated heterocycles. The van der Waals surface area contributed by atoms with Crippen molar-refractivity contribution in [2.24, 2.45) is 0 Å². The van der Waals surface area contributed by atoms with E-state index < -0.39 is 0 Å². The lowest BCUT2D eigenvalue weighted by atomic mass is 9.98. The molecule has 2 aromatic rings. The molecule has 0 unspecified atom stereocenters. The predicted molar refractivity (Wildman–Crippen MR) is 104 cm³/mol. The summed E-state index contributed by atoms with van der Waals surface area (Å²) in [6.45, 7) is 1.19. The molecule has 136 valence electrons. The number of carbonyl (C=O) groups excluding carboxylic acids is 1. The molecule has 0 saturated carbocycles. The van der Waals surface area contributed by atoms with Gasteiger partial charge in [-0.3, -0.25) is 4.79 Å². The third kappa shape index (κ3) is 3.97. The van der Waals surface area contributed by atoms with Crippen LogP contribution < -0.4 is 9.47 Å². The zero-order chi connectivity index (χ0) is 18.7. The van der Waals surface area contributed by atoms with E-state index in [-0.39, 0.29) is 5.91 Å². The van der Waals surface area contributed by atoms with Crippen molar-refractivity contribution in [1.82, 2.24) is 4.90 Å². The van der Waals surface area contributed by atoms with Gasteiger partial charge < -0.3 is 14.4 Å². The van der Waals surface area contributed by atoms with Crippen molar-refractivity contribution in [3.63, 3.8) is 0 Å². The number of halogens is 2. The first-order valence-corrected chi connectivity index (χ1v) is 8.93. The maximum absolute atomic E-state index is 12.6. The van der Waals surface area contributed by atoms with E-state index in [1.165, 1.54) is 5.56 Å². The lowest BCUT2D eigenvalue weighted by Crippen LogP contribution is -2.34. The molecule has 0 aromatic heterocycles. The van der Waals surface area contributed by atoms with Crippen molar-refractivity contribution in [2.45, 2.75) is 13.0 Å². The average Bonchev–Trinajstić information content (AvgIpc) is 2.65. The van der Waals surface area contributed by atoms with Crippen LogP contribution in [0.15, 0.2) is 36.4 Å². The summed E-state index contributed by atoms with van der Waals surface area (Å²) >= 11 is 12.0. The Balaban J connectivity index is 1.75. The van der Waals surface area contributed by atoms with Gasteiger partial charge in [0.15, 0.2) is 11.5 Å². The van der Waals surface area contributed by atoms with Crippen LogP contribution in [0.2, 0.25) is 10.0 Å². The molecule has 3 rings (SSSR count). The van der Waals surface area contributed by atoms with Crippen molar-refractivity contribution in [3.8, 4) is 11.5 Å². The molecule has 6 heteroatoms. The number of ether oxygens (including phenoxy) is 2. The number of hydrogen-bond acceptors (Lipinski definition) is 3. The second-order valence-electron chi connectivity index (χ2n) is 5.98. The van der Waals surface area contributed by atoms with E-state index >= 15 is 0 Å². The van der Waals surface area contributed by atoms with E-state index in [0.717, 1.165) is 17.5 Å². The van der Waals surface area contributed by atoms with Crippen molar-refractivity contribution < 1.29 is 14.3 Å². The first-order chi connectivity index (χ1) is 12.5.